The minimum Gasteiger partial charge on any atom is -0.491 e. The van der Waals surface area contributed by atoms with Crippen molar-refractivity contribution in [3.05, 3.63) is 18.2 Å². The van der Waals surface area contributed by atoms with Gasteiger partial charge in [-0.2, -0.15) is 0 Å². The van der Waals surface area contributed by atoms with E-state index in [0.717, 1.165) is 12.1 Å². The van der Waals surface area contributed by atoms with Gasteiger partial charge in [0.2, 0.25) is 0 Å². The van der Waals surface area contributed by atoms with Gasteiger partial charge < -0.3 is 20.9 Å². The molecule has 1 aromatic rings. The third kappa shape index (κ3) is 4.53. The molecule has 0 spiro atoms. The monoisotopic (exact) mass is 238 g/mol. The van der Waals surface area contributed by atoms with Crippen molar-refractivity contribution in [1.29, 1.82) is 0 Å². The molecule has 0 heterocycles. The van der Waals surface area contributed by atoms with Crippen LogP contribution in [0.25, 0.3) is 0 Å². The van der Waals surface area contributed by atoms with Crippen LogP contribution in [0.3, 0.4) is 0 Å². The fourth-order valence-electron chi connectivity index (χ4n) is 1.45. The molecule has 1 atom stereocenters. The van der Waals surface area contributed by atoms with Crippen molar-refractivity contribution in [2.45, 2.75) is 32.8 Å². The van der Waals surface area contributed by atoms with Crippen LogP contribution in [0, 0.1) is 0 Å². The summed E-state index contributed by atoms with van der Waals surface area (Å²) < 4.78 is 5.54. The van der Waals surface area contributed by atoms with Crippen LogP contribution in [0.1, 0.15) is 26.7 Å². The van der Waals surface area contributed by atoms with E-state index in [-0.39, 0.29) is 6.10 Å². The molecule has 0 saturated carbocycles. The van der Waals surface area contributed by atoms with Gasteiger partial charge in [0.15, 0.2) is 0 Å². The molecule has 0 amide bonds. The van der Waals surface area contributed by atoms with Gasteiger partial charge in [-0.1, -0.05) is 13.0 Å². The first-order valence-corrected chi connectivity index (χ1v) is 6.08. The van der Waals surface area contributed by atoms with Gasteiger partial charge in [-0.25, -0.2) is 0 Å². The Labute approximate surface area is 103 Å². The van der Waals surface area contributed by atoms with Crippen LogP contribution in [-0.4, -0.2) is 24.4 Å². The summed E-state index contributed by atoms with van der Waals surface area (Å²) in [5.41, 5.74) is 7.48. The number of aliphatic hydroxyl groups is 1. The molecule has 0 bridgehead atoms. The van der Waals surface area contributed by atoms with Crippen LogP contribution in [0.5, 0.6) is 5.75 Å². The summed E-state index contributed by atoms with van der Waals surface area (Å²) in [5, 5.41) is 12.4. The van der Waals surface area contributed by atoms with Crippen molar-refractivity contribution < 1.29 is 9.84 Å². The first kappa shape index (κ1) is 13.6. The van der Waals surface area contributed by atoms with Crippen LogP contribution in [0.15, 0.2) is 18.2 Å². The summed E-state index contributed by atoms with van der Waals surface area (Å²) in [7, 11) is 0. The molecular weight excluding hydrogens is 216 g/mol. The fourth-order valence-corrected chi connectivity index (χ4v) is 1.45. The molecule has 0 aliphatic rings. The highest BCUT2D eigenvalue weighted by Gasteiger charge is 2.05. The normalized spacial score (nSPS) is 12.2. The minimum atomic E-state index is -0.303. The Morgan fingerprint density at radius 1 is 1.47 bits per heavy atom. The molecule has 0 aliphatic carbocycles. The van der Waals surface area contributed by atoms with Crippen molar-refractivity contribution >= 4 is 11.4 Å². The number of rotatable bonds is 7. The van der Waals surface area contributed by atoms with Crippen molar-refractivity contribution in [2.24, 2.45) is 0 Å². The van der Waals surface area contributed by atoms with Crippen molar-refractivity contribution in [3.8, 4) is 5.75 Å². The van der Waals surface area contributed by atoms with E-state index in [2.05, 4.69) is 12.2 Å². The van der Waals surface area contributed by atoms with E-state index in [9.17, 15) is 5.11 Å². The third-order valence-corrected chi connectivity index (χ3v) is 2.41. The molecule has 0 fully saturated rings. The highest BCUT2D eigenvalue weighted by Crippen LogP contribution is 2.29. The zero-order chi connectivity index (χ0) is 12.7. The Morgan fingerprint density at radius 2 is 2.24 bits per heavy atom. The number of benzene rings is 1. The summed E-state index contributed by atoms with van der Waals surface area (Å²) >= 11 is 0. The molecule has 96 valence electrons. The summed E-state index contributed by atoms with van der Waals surface area (Å²) in [6, 6.07) is 5.69. The third-order valence-electron chi connectivity index (χ3n) is 2.41. The van der Waals surface area contributed by atoms with Gasteiger partial charge in [-0.3, -0.25) is 0 Å². The number of ether oxygens (including phenoxy) is 1. The Kier molecular flexibility index (Phi) is 5.63. The topological polar surface area (TPSA) is 67.5 Å². The lowest BCUT2D eigenvalue weighted by Crippen LogP contribution is -2.11. The molecular formula is C13H22N2O2. The van der Waals surface area contributed by atoms with Gasteiger partial charge in [0, 0.05) is 6.54 Å². The predicted octanol–water partition coefficient (Wildman–Crippen LogP) is 2.24. The maximum Gasteiger partial charge on any atom is 0.144 e. The van der Waals surface area contributed by atoms with Gasteiger partial charge in [-0.05, 0) is 31.9 Å². The average molecular weight is 238 g/mol. The van der Waals surface area contributed by atoms with Crippen molar-refractivity contribution in [2.75, 3.05) is 24.2 Å². The number of anilines is 2. The lowest BCUT2D eigenvalue weighted by molar-refractivity contribution is 0.189. The quantitative estimate of drug-likeness (QED) is 0.637. The lowest BCUT2D eigenvalue weighted by atomic mass is 10.2. The standard InChI is InChI=1S/C13H22N2O2/c1-3-9-17-12-6-4-5-11(13(12)14)15-8-7-10(2)16/h4-6,10,15-16H,3,7-9,14H2,1-2H3. The van der Waals surface area contributed by atoms with Gasteiger partial charge in [0.25, 0.3) is 0 Å². The molecule has 4 heteroatoms. The van der Waals surface area contributed by atoms with E-state index >= 15 is 0 Å². The Balaban J connectivity index is 2.59. The molecule has 4 nitrogen and oxygen atoms in total. The fraction of sp³-hybridized carbons (Fsp3) is 0.538. The van der Waals surface area contributed by atoms with E-state index < -0.39 is 0 Å². The Bertz CT molecular complexity index is 340. The molecule has 0 saturated heterocycles. The summed E-state index contributed by atoms with van der Waals surface area (Å²) in [4.78, 5) is 0. The highest BCUT2D eigenvalue weighted by atomic mass is 16.5. The Morgan fingerprint density at radius 3 is 2.88 bits per heavy atom. The molecule has 0 radical (unpaired) electrons. The molecule has 17 heavy (non-hydrogen) atoms. The van der Waals surface area contributed by atoms with Gasteiger partial charge in [-0.15, -0.1) is 0 Å². The smallest absolute Gasteiger partial charge is 0.144 e. The van der Waals surface area contributed by atoms with E-state index in [1.807, 2.05) is 18.2 Å². The summed E-state index contributed by atoms with van der Waals surface area (Å²) in [5.74, 6) is 0.717. The number of nitrogen functional groups attached to an aromatic ring is 1. The molecule has 0 aliphatic heterocycles. The van der Waals surface area contributed by atoms with Crippen LogP contribution in [-0.2, 0) is 0 Å². The molecule has 0 aromatic heterocycles. The minimum absolute atomic E-state index is 0.303. The van der Waals surface area contributed by atoms with Gasteiger partial charge >= 0.3 is 0 Å². The largest absolute Gasteiger partial charge is 0.491 e. The summed E-state index contributed by atoms with van der Waals surface area (Å²) in [6.45, 7) is 5.19. The SMILES string of the molecule is CCCOc1cccc(NCCC(C)O)c1N. The maximum absolute atomic E-state index is 9.17. The first-order valence-electron chi connectivity index (χ1n) is 6.08. The van der Waals surface area contributed by atoms with Gasteiger partial charge in [0.05, 0.1) is 24.1 Å². The molecule has 1 unspecified atom stereocenters. The van der Waals surface area contributed by atoms with Crippen molar-refractivity contribution in [1.82, 2.24) is 0 Å². The van der Waals surface area contributed by atoms with E-state index in [1.54, 1.807) is 6.92 Å². The zero-order valence-corrected chi connectivity index (χ0v) is 10.6. The molecule has 1 aromatic carbocycles. The van der Waals surface area contributed by atoms with Crippen LogP contribution >= 0.6 is 0 Å². The molecule has 1 rings (SSSR count). The lowest BCUT2D eigenvalue weighted by Gasteiger charge is -2.14. The van der Waals surface area contributed by atoms with E-state index in [4.69, 9.17) is 10.5 Å². The number of para-hydroxylation sites is 1. The predicted molar refractivity (Wildman–Crippen MR) is 71.4 cm³/mol. The van der Waals surface area contributed by atoms with Crippen LogP contribution in [0.2, 0.25) is 0 Å². The second kappa shape index (κ2) is 7.01. The number of nitrogens with one attached hydrogen (secondary N) is 1. The maximum atomic E-state index is 9.17. The van der Waals surface area contributed by atoms with E-state index in [1.165, 1.54) is 0 Å². The first-order chi connectivity index (χ1) is 8.15. The van der Waals surface area contributed by atoms with Gasteiger partial charge in [0.1, 0.15) is 5.75 Å². The number of nitrogens with two attached hydrogens (primary N) is 1. The summed E-state index contributed by atoms with van der Waals surface area (Å²) in [6.07, 6.45) is 1.35. The van der Waals surface area contributed by atoms with E-state index in [0.29, 0.717) is 31.0 Å². The van der Waals surface area contributed by atoms with Crippen LogP contribution < -0.4 is 15.8 Å². The number of aliphatic hydroxyl groups excluding tert-OH is 1. The second-order valence-corrected chi connectivity index (χ2v) is 4.13. The average Bonchev–Trinajstić information content (AvgIpc) is 2.29. The molecule has 4 N–H and O–H groups in total. The highest BCUT2D eigenvalue weighted by molar-refractivity contribution is 5.72. The van der Waals surface area contributed by atoms with Crippen molar-refractivity contribution in [3.63, 3.8) is 0 Å². The number of hydrogen-bond acceptors (Lipinski definition) is 4. The van der Waals surface area contributed by atoms with Crippen LogP contribution in [0.4, 0.5) is 11.4 Å². The Hall–Kier alpha value is -1.42. The zero-order valence-electron chi connectivity index (χ0n) is 10.6. The second-order valence-electron chi connectivity index (χ2n) is 4.13. The number of hydrogen-bond donors (Lipinski definition) is 3.